The standard InChI is InChI=1S/C15H17NO4S/c1-21(18,19)12-6-8-16(9-7-12)15(17)14-10-11-4-2-3-5-13(11)20-14/h2-5,10,12H,6-9H2,1H3. The molecule has 1 fully saturated rings. The average molecular weight is 307 g/mol. The van der Waals surface area contributed by atoms with Crippen LogP contribution < -0.4 is 0 Å². The molecule has 1 aliphatic heterocycles. The van der Waals surface area contributed by atoms with Gasteiger partial charge in [-0.05, 0) is 25.0 Å². The number of furan rings is 1. The fourth-order valence-corrected chi connectivity index (χ4v) is 3.80. The molecule has 1 aromatic heterocycles. The number of amides is 1. The van der Waals surface area contributed by atoms with Gasteiger partial charge in [-0.3, -0.25) is 4.79 Å². The number of para-hydroxylation sites is 1. The Bertz CT molecular complexity index is 737. The summed E-state index contributed by atoms with van der Waals surface area (Å²) in [6, 6.07) is 9.20. The lowest BCUT2D eigenvalue weighted by molar-refractivity contribution is 0.0696. The zero-order chi connectivity index (χ0) is 15.0. The highest BCUT2D eigenvalue weighted by Gasteiger charge is 2.30. The van der Waals surface area contributed by atoms with Gasteiger partial charge in [0.2, 0.25) is 0 Å². The van der Waals surface area contributed by atoms with Crippen LogP contribution in [-0.2, 0) is 9.84 Å². The van der Waals surface area contributed by atoms with E-state index in [0.29, 0.717) is 37.3 Å². The van der Waals surface area contributed by atoms with Crippen LogP contribution >= 0.6 is 0 Å². The number of carbonyl (C=O) groups excluding carboxylic acids is 1. The second-order valence-corrected chi connectivity index (χ2v) is 7.80. The summed E-state index contributed by atoms with van der Waals surface area (Å²) in [7, 11) is -3.02. The van der Waals surface area contributed by atoms with Crippen LogP contribution in [-0.4, -0.2) is 43.8 Å². The molecule has 1 aliphatic rings. The number of sulfone groups is 1. The molecule has 0 N–H and O–H groups in total. The predicted molar refractivity (Wildman–Crippen MR) is 80.0 cm³/mol. The smallest absolute Gasteiger partial charge is 0.289 e. The quantitative estimate of drug-likeness (QED) is 0.852. The number of hydrogen-bond acceptors (Lipinski definition) is 4. The monoisotopic (exact) mass is 307 g/mol. The van der Waals surface area contributed by atoms with Gasteiger partial charge < -0.3 is 9.32 Å². The van der Waals surface area contributed by atoms with Crippen molar-refractivity contribution >= 4 is 26.7 Å². The number of rotatable bonds is 2. The third-order valence-electron chi connectivity index (χ3n) is 3.97. The predicted octanol–water partition coefficient (Wildman–Crippen LogP) is 2.08. The van der Waals surface area contributed by atoms with Crippen LogP contribution in [0.4, 0.5) is 0 Å². The van der Waals surface area contributed by atoms with Gasteiger partial charge in [-0.25, -0.2) is 8.42 Å². The first-order valence-electron chi connectivity index (χ1n) is 6.92. The van der Waals surface area contributed by atoms with E-state index >= 15 is 0 Å². The number of piperidine rings is 1. The van der Waals surface area contributed by atoms with E-state index in [1.54, 1.807) is 11.0 Å². The van der Waals surface area contributed by atoms with E-state index in [9.17, 15) is 13.2 Å². The highest BCUT2D eigenvalue weighted by molar-refractivity contribution is 7.91. The van der Waals surface area contributed by atoms with Gasteiger partial charge in [0.05, 0.1) is 5.25 Å². The average Bonchev–Trinajstić information content (AvgIpc) is 2.89. The minimum atomic E-state index is -3.02. The summed E-state index contributed by atoms with van der Waals surface area (Å²) >= 11 is 0. The molecular weight excluding hydrogens is 290 g/mol. The van der Waals surface area contributed by atoms with Crippen LogP contribution in [0.25, 0.3) is 11.0 Å². The maximum absolute atomic E-state index is 12.4. The van der Waals surface area contributed by atoms with Crippen LogP contribution in [0.2, 0.25) is 0 Å². The van der Waals surface area contributed by atoms with Crippen molar-refractivity contribution in [2.75, 3.05) is 19.3 Å². The normalized spacial score (nSPS) is 17.3. The minimum absolute atomic E-state index is 0.168. The van der Waals surface area contributed by atoms with E-state index in [0.717, 1.165) is 5.39 Å². The van der Waals surface area contributed by atoms with Crippen LogP contribution in [0, 0.1) is 0 Å². The summed E-state index contributed by atoms with van der Waals surface area (Å²) in [6.45, 7) is 0.904. The number of likely N-dealkylation sites (tertiary alicyclic amines) is 1. The Morgan fingerprint density at radius 3 is 2.52 bits per heavy atom. The molecule has 0 radical (unpaired) electrons. The third kappa shape index (κ3) is 2.81. The van der Waals surface area contributed by atoms with E-state index in [-0.39, 0.29) is 11.2 Å². The molecule has 112 valence electrons. The van der Waals surface area contributed by atoms with Crippen molar-refractivity contribution in [3.05, 3.63) is 36.1 Å². The van der Waals surface area contributed by atoms with Crippen molar-refractivity contribution in [1.29, 1.82) is 0 Å². The summed E-state index contributed by atoms with van der Waals surface area (Å²) in [4.78, 5) is 14.1. The summed E-state index contributed by atoms with van der Waals surface area (Å²) < 4.78 is 28.6. The zero-order valence-electron chi connectivity index (χ0n) is 11.8. The highest BCUT2D eigenvalue weighted by Crippen LogP contribution is 2.23. The van der Waals surface area contributed by atoms with Crippen molar-refractivity contribution in [2.24, 2.45) is 0 Å². The van der Waals surface area contributed by atoms with E-state index in [1.807, 2.05) is 24.3 Å². The van der Waals surface area contributed by atoms with Gasteiger partial charge in [-0.1, -0.05) is 18.2 Å². The third-order valence-corrected chi connectivity index (χ3v) is 5.65. The van der Waals surface area contributed by atoms with Crippen molar-refractivity contribution in [2.45, 2.75) is 18.1 Å². The lowest BCUT2D eigenvalue weighted by Crippen LogP contribution is -2.42. The van der Waals surface area contributed by atoms with E-state index in [2.05, 4.69) is 0 Å². The Kier molecular flexibility index (Phi) is 3.49. The largest absolute Gasteiger partial charge is 0.451 e. The molecule has 1 amide bonds. The number of hydrogen-bond donors (Lipinski definition) is 0. The molecule has 2 aromatic rings. The van der Waals surface area contributed by atoms with E-state index in [4.69, 9.17) is 4.42 Å². The van der Waals surface area contributed by atoms with Gasteiger partial charge in [0.15, 0.2) is 5.76 Å². The molecule has 0 spiro atoms. The second-order valence-electron chi connectivity index (χ2n) is 5.47. The Hall–Kier alpha value is -1.82. The molecule has 0 bridgehead atoms. The van der Waals surface area contributed by atoms with Crippen molar-refractivity contribution in [3.63, 3.8) is 0 Å². The molecule has 0 aliphatic carbocycles. The molecule has 3 rings (SSSR count). The van der Waals surface area contributed by atoms with Crippen LogP contribution in [0.15, 0.2) is 34.7 Å². The number of fused-ring (bicyclic) bond motifs is 1. The first-order valence-corrected chi connectivity index (χ1v) is 8.87. The summed E-state index contributed by atoms with van der Waals surface area (Å²) in [5, 5.41) is 0.559. The van der Waals surface area contributed by atoms with Gasteiger partial charge in [-0.15, -0.1) is 0 Å². The zero-order valence-corrected chi connectivity index (χ0v) is 12.6. The Morgan fingerprint density at radius 1 is 1.24 bits per heavy atom. The van der Waals surface area contributed by atoms with E-state index < -0.39 is 9.84 Å². The fraction of sp³-hybridized carbons (Fsp3) is 0.400. The van der Waals surface area contributed by atoms with Gasteiger partial charge in [0.1, 0.15) is 15.4 Å². The van der Waals surface area contributed by atoms with Crippen LogP contribution in [0.5, 0.6) is 0 Å². The number of benzene rings is 1. The Morgan fingerprint density at radius 2 is 1.90 bits per heavy atom. The number of nitrogens with zero attached hydrogens (tertiary/aromatic N) is 1. The lowest BCUT2D eigenvalue weighted by Gasteiger charge is -2.30. The Balaban J connectivity index is 1.75. The van der Waals surface area contributed by atoms with Crippen LogP contribution in [0.1, 0.15) is 23.4 Å². The maximum Gasteiger partial charge on any atom is 0.289 e. The molecule has 0 atom stereocenters. The van der Waals surface area contributed by atoms with Gasteiger partial charge in [0, 0.05) is 24.7 Å². The van der Waals surface area contributed by atoms with Gasteiger partial charge >= 0.3 is 0 Å². The van der Waals surface area contributed by atoms with Crippen LogP contribution in [0.3, 0.4) is 0 Å². The van der Waals surface area contributed by atoms with Crippen molar-refractivity contribution in [3.8, 4) is 0 Å². The van der Waals surface area contributed by atoms with Crippen molar-refractivity contribution < 1.29 is 17.6 Å². The summed E-state index contributed by atoms with van der Waals surface area (Å²) in [6.07, 6.45) is 2.24. The molecular formula is C15H17NO4S. The van der Waals surface area contributed by atoms with Gasteiger partial charge in [-0.2, -0.15) is 0 Å². The topological polar surface area (TPSA) is 67.6 Å². The molecule has 5 nitrogen and oxygen atoms in total. The highest BCUT2D eigenvalue weighted by atomic mass is 32.2. The molecule has 0 unspecified atom stereocenters. The second kappa shape index (κ2) is 5.18. The molecule has 21 heavy (non-hydrogen) atoms. The molecule has 0 saturated carbocycles. The van der Waals surface area contributed by atoms with Crippen molar-refractivity contribution in [1.82, 2.24) is 4.90 Å². The van der Waals surface area contributed by atoms with E-state index in [1.165, 1.54) is 6.26 Å². The van der Waals surface area contributed by atoms with Gasteiger partial charge in [0.25, 0.3) is 5.91 Å². The minimum Gasteiger partial charge on any atom is -0.451 e. The lowest BCUT2D eigenvalue weighted by atomic mass is 10.1. The Labute approximate surface area is 123 Å². The SMILES string of the molecule is CS(=O)(=O)C1CCN(C(=O)c2cc3ccccc3o2)CC1. The summed E-state index contributed by atoms with van der Waals surface area (Å²) in [5.74, 6) is 0.146. The fourth-order valence-electron chi connectivity index (χ4n) is 2.73. The first kappa shape index (κ1) is 14.1. The molecule has 2 heterocycles. The molecule has 6 heteroatoms. The first-order chi connectivity index (χ1) is 9.95. The number of carbonyl (C=O) groups is 1. The molecule has 1 aromatic carbocycles. The molecule has 1 saturated heterocycles. The summed E-state index contributed by atoms with van der Waals surface area (Å²) in [5.41, 5.74) is 0.687. The maximum atomic E-state index is 12.4.